The molecule has 0 bridgehead atoms. The minimum atomic E-state index is -0.499. The van der Waals surface area contributed by atoms with E-state index < -0.39 is 4.92 Å². The fourth-order valence-corrected chi connectivity index (χ4v) is 3.09. The van der Waals surface area contributed by atoms with Crippen LogP contribution in [0.1, 0.15) is 10.4 Å². The molecule has 0 saturated carbocycles. The molecule has 142 valence electrons. The Morgan fingerprint density at radius 1 is 1.04 bits per heavy atom. The van der Waals surface area contributed by atoms with E-state index in [0.29, 0.717) is 37.6 Å². The number of anilines is 1. The number of benzene rings is 1. The summed E-state index contributed by atoms with van der Waals surface area (Å²) in [6, 6.07) is 9.57. The molecule has 2 aromatic heterocycles. The Morgan fingerprint density at radius 2 is 1.79 bits per heavy atom. The molecule has 4 rings (SSSR count). The van der Waals surface area contributed by atoms with Crippen LogP contribution in [-0.2, 0) is 0 Å². The van der Waals surface area contributed by atoms with Gasteiger partial charge >= 0.3 is 0 Å². The van der Waals surface area contributed by atoms with Crippen molar-refractivity contribution >= 4 is 17.4 Å². The molecule has 10 heteroatoms. The van der Waals surface area contributed by atoms with Gasteiger partial charge in [0.05, 0.1) is 4.92 Å². The monoisotopic (exact) mass is 379 g/mol. The second kappa shape index (κ2) is 7.43. The molecule has 3 heterocycles. The van der Waals surface area contributed by atoms with Gasteiger partial charge in [0.25, 0.3) is 11.6 Å². The van der Waals surface area contributed by atoms with E-state index in [-0.39, 0.29) is 11.6 Å². The zero-order valence-electron chi connectivity index (χ0n) is 14.9. The van der Waals surface area contributed by atoms with Crippen LogP contribution < -0.4 is 4.90 Å². The summed E-state index contributed by atoms with van der Waals surface area (Å²) in [5.74, 6) is 1.22. The highest BCUT2D eigenvalue weighted by molar-refractivity contribution is 5.95. The Bertz CT molecular complexity index is 981. The predicted molar refractivity (Wildman–Crippen MR) is 100 cm³/mol. The fourth-order valence-electron chi connectivity index (χ4n) is 3.09. The van der Waals surface area contributed by atoms with Crippen molar-refractivity contribution in [3.05, 3.63) is 70.8 Å². The van der Waals surface area contributed by atoms with Crippen molar-refractivity contribution in [2.75, 3.05) is 31.1 Å². The van der Waals surface area contributed by atoms with Crippen molar-refractivity contribution in [1.29, 1.82) is 0 Å². The van der Waals surface area contributed by atoms with Crippen LogP contribution in [0.3, 0.4) is 0 Å². The second-order valence-electron chi connectivity index (χ2n) is 6.31. The minimum absolute atomic E-state index is 0.0854. The lowest BCUT2D eigenvalue weighted by molar-refractivity contribution is -0.384. The Balaban J connectivity index is 1.40. The van der Waals surface area contributed by atoms with Crippen LogP contribution >= 0.6 is 0 Å². The summed E-state index contributed by atoms with van der Waals surface area (Å²) in [7, 11) is 0. The number of carbonyl (C=O) groups excluding carboxylic acids is 1. The van der Waals surface area contributed by atoms with Gasteiger partial charge in [-0.2, -0.15) is 0 Å². The molecule has 1 fully saturated rings. The zero-order chi connectivity index (χ0) is 19.5. The first-order valence-corrected chi connectivity index (χ1v) is 8.72. The minimum Gasteiger partial charge on any atom is -0.352 e. The molecule has 1 saturated heterocycles. The standard InChI is InChI=1S/C18H17N7O3/c26-18(14-2-1-3-15(12-14)25(27)28)23-10-8-22(9-11-23)16-4-5-17(21-20-16)24-7-6-19-13-24/h1-7,12-13H,8-11H2. The number of imidazole rings is 1. The van der Waals surface area contributed by atoms with E-state index in [1.807, 2.05) is 12.1 Å². The normalized spacial score (nSPS) is 14.1. The molecule has 28 heavy (non-hydrogen) atoms. The molecule has 0 unspecified atom stereocenters. The first kappa shape index (κ1) is 17.6. The highest BCUT2D eigenvalue weighted by Gasteiger charge is 2.24. The summed E-state index contributed by atoms with van der Waals surface area (Å²) in [5, 5.41) is 19.4. The van der Waals surface area contributed by atoms with Gasteiger partial charge in [-0.15, -0.1) is 10.2 Å². The quantitative estimate of drug-likeness (QED) is 0.499. The Hall–Kier alpha value is -3.82. The number of amides is 1. The predicted octanol–water partition coefficient (Wildman–Crippen LogP) is 1.53. The highest BCUT2D eigenvalue weighted by Crippen LogP contribution is 2.18. The van der Waals surface area contributed by atoms with Gasteiger partial charge in [0.15, 0.2) is 11.6 Å². The SMILES string of the molecule is O=C(c1cccc([N+](=O)[O-])c1)N1CCN(c2ccc(-n3ccnc3)nn2)CC1. The molecule has 0 aliphatic carbocycles. The van der Waals surface area contributed by atoms with Gasteiger partial charge in [0.1, 0.15) is 6.33 Å². The number of rotatable bonds is 4. The summed E-state index contributed by atoms with van der Waals surface area (Å²) in [6.07, 6.45) is 5.12. The van der Waals surface area contributed by atoms with Crippen LogP contribution in [0.4, 0.5) is 11.5 Å². The lowest BCUT2D eigenvalue weighted by Gasteiger charge is -2.35. The summed E-state index contributed by atoms with van der Waals surface area (Å²) < 4.78 is 1.77. The smallest absolute Gasteiger partial charge is 0.270 e. The molecule has 1 aliphatic rings. The molecule has 0 N–H and O–H groups in total. The fraction of sp³-hybridized carbons (Fsp3) is 0.222. The van der Waals surface area contributed by atoms with Crippen LogP contribution in [0, 0.1) is 10.1 Å². The molecule has 0 spiro atoms. The maximum atomic E-state index is 12.6. The first-order chi connectivity index (χ1) is 13.6. The number of carbonyl (C=O) groups is 1. The van der Waals surface area contributed by atoms with Gasteiger partial charge in [-0.05, 0) is 18.2 Å². The average molecular weight is 379 g/mol. The Labute approximate surface area is 160 Å². The maximum Gasteiger partial charge on any atom is 0.270 e. The van der Waals surface area contributed by atoms with Gasteiger partial charge in [-0.1, -0.05) is 6.07 Å². The number of nitro benzene ring substituents is 1. The van der Waals surface area contributed by atoms with Crippen LogP contribution in [0.25, 0.3) is 5.82 Å². The molecule has 10 nitrogen and oxygen atoms in total. The lowest BCUT2D eigenvalue weighted by Crippen LogP contribution is -2.49. The van der Waals surface area contributed by atoms with Gasteiger partial charge in [0.2, 0.25) is 0 Å². The highest BCUT2D eigenvalue weighted by atomic mass is 16.6. The van der Waals surface area contributed by atoms with Crippen LogP contribution in [0.15, 0.2) is 55.1 Å². The molecule has 1 aromatic carbocycles. The molecule has 1 aliphatic heterocycles. The topological polar surface area (TPSA) is 110 Å². The lowest BCUT2D eigenvalue weighted by atomic mass is 10.1. The number of piperazine rings is 1. The maximum absolute atomic E-state index is 12.6. The number of nitrogens with zero attached hydrogens (tertiary/aromatic N) is 7. The van der Waals surface area contributed by atoms with Gasteiger partial charge in [-0.25, -0.2) is 4.98 Å². The van der Waals surface area contributed by atoms with Gasteiger partial charge in [-0.3, -0.25) is 19.5 Å². The molecular formula is C18H17N7O3. The molecule has 1 amide bonds. The number of hydrogen-bond acceptors (Lipinski definition) is 7. The first-order valence-electron chi connectivity index (χ1n) is 8.72. The van der Waals surface area contributed by atoms with Crippen LogP contribution in [0.2, 0.25) is 0 Å². The van der Waals surface area contributed by atoms with Crippen molar-refractivity contribution in [2.24, 2.45) is 0 Å². The Kier molecular flexibility index (Phi) is 4.67. The van der Waals surface area contributed by atoms with Crippen molar-refractivity contribution in [3.63, 3.8) is 0 Å². The summed E-state index contributed by atoms with van der Waals surface area (Å²) in [4.78, 5) is 30.8. The van der Waals surface area contributed by atoms with Crippen molar-refractivity contribution in [2.45, 2.75) is 0 Å². The van der Waals surface area contributed by atoms with Gasteiger partial charge < -0.3 is 9.80 Å². The largest absolute Gasteiger partial charge is 0.352 e. The number of nitro groups is 1. The van der Waals surface area contributed by atoms with Crippen molar-refractivity contribution in [1.82, 2.24) is 24.6 Å². The van der Waals surface area contributed by atoms with E-state index in [1.54, 1.807) is 34.3 Å². The summed E-state index contributed by atoms with van der Waals surface area (Å²) in [5.41, 5.74) is 0.241. The van der Waals surface area contributed by atoms with E-state index in [9.17, 15) is 14.9 Å². The summed E-state index contributed by atoms with van der Waals surface area (Å²) >= 11 is 0. The zero-order valence-corrected chi connectivity index (χ0v) is 14.9. The number of non-ortho nitro benzene ring substituents is 1. The van der Waals surface area contributed by atoms with E-state index in [4.69, 9.17) is 0 Å². The van der Waals surface area contributed by atoms with Gasteiger partial charge in [0, 0.05) is 56.3 Å². The third-order valence-corrected chi connectivity index (χ3v) is 4.60. The molecule has 3 aromatic rings. The van der Waals surface area contributed by atoms with E-state index in [2.05, 4.69) is 20.1 Å². The third-order valence-electron chi connectivity index (χ3n) is 4.60. The third kappa shape index (κ3) is 3.52. The van der Waals surface area contributed by atoms with Crippen molar-refractivity contribution in [3.8, 4) is 5.82 Å². The molecular weight excluding hydrogens is 362 g/mol. The number of aromatic nitrogens is 4. The van der Waals surface area contributed by atoms with E-state index in [0.717, 1.165) is 5.82 Å². The van der Waals surface area contributed by atoms with Crippen LogP contribution in [-0.4, -0.2) is 61.7 Å². The Morgan fingerprint density at radius 3 is 2.43 bits per heavy atom. The van der Waals surface area contributed by atoms with Crippen molar-refractivity contribution < 1.29 is 9.72 Å². The average Bonchev–Trinajstić information content (AvgIpc) is 3.28. The second-order valence-corrected chi connectivity index (χ2v) is 6.31. The molecule has 0 radical (unpaired) electrons. The molecule has 0 atom stereocenters. The summed E-state index contributed by atoms with van der Waals surface area (Å²) in [6.45, 7) is 2.23. The van der Waals surface area contributed by atoms with E-state index in [1.165, 1.54) is 18.2 Å². The number of hydrogen-bond donors (Lipinski definition) is 0. The van der Waals surface area contributed by atoms with E-state index >= 15 is 0 Å². The van der Waals surface area contributed by atoms with Crippen LogP contribution in [0.5, 0.6) is 0 Å².